The Morgan fingerprint density at radius 1 is 1.03 bits per heavy atom. The quantitative estimate of drug-likeness (QED) is 0.646. The van der Waals surface area contributed by atoms with Gasteiger partial charge in [-0.3, -0.25) is 9.59 Å². The lowest BCUT2D eigenvalue weighted by Gasteiger charge is -2.40. The zero-order valence-corrected chi connectivity index (χ0v) is 19.4. The number of hydrogen-bond donors (Lipinski definition) is 1. The number of rotatable bonds is 7. The number of hydrogen-bond acceptors (Lipinski definition) is 3. The van der Waals surface area contributed by atoms with Crippen molar-refractivity contribution in [2.75, 3.05) is 27.2 Å². The van der Waals surface area contributed by atoms with Crippen molar-refractivity contribution in [2.24, 2.45) is 5.92 Å². The Bertz CT molecular complexity index is 1030. The number of nitrogens with zero attached hydrogens (tertiary/aromatic N) is 3. The third kappa shape index (κ3) is 5.72. The fourth-order valence-corrected chi connectivity index (χ4v) is 4.31. The van der Waals surface area contributed by atoms with E-state index in [4.69, 9.17) is 23.2 Å². The van der Waals surface area contributed by atoms with Gasteiger partial charge in [0.15, 0.2) is 0 Å². The normalized spacial score (nSPS) is 16.2. The zero-order valence-electron chi connectivity index (χ0n) is 17.9. The number of carboxylic acid groups (broad SMARTS) is 1. The van der Waals surface area contributed by atoms with Crippen LogP contribution in [-0.2, 0) is 17.9 Å². The molecule has 0 bridgehead atoms. The second-order valence-corrected chi connectivity index (χ2v) is 8.94. The summed E-state index contributed by atoms with van der Waals surface area (Å²) in [6.45, 7) is 1.04. The molecule has 1 fully saturated rings. The molecule has 1 aliphatic heterocycles. The summed E-state index contributed by atoms with van der Waals surface area (Å²) in [5.74, 6) is -1.33. The number of aliphatic carboxylic acids is 1. The number of amides is 3. The van der Waals surface area contributed by atoms with Gasteiger partial charge in [0, 0.05) is 61.8 Å². The number of carboxylic acids is 1. The first kappa shape index (κ1) is 23.9. The summed E-state index contributed by atoms with van der Waals surface area (Å²) in [4.78, 5) is 41.9. The number of urea groups is 1. The predicted molar refractivity (Wildman–Crippen MR) is 123 cm³/mol. The molecule has 32 heavy (non-hydrogen) atoms. The van der Waals surface area contributed by atoms with Crippen LogP contribution in [0, 0.1) is 5.92 Å². The Labute approximate surface area is 197 Å². The van der Waals surface area contributed by atoms with Crippen LogP contribution in [0.5, 0.6) is 0 Å². The monoisotopic (exact) mass is 477 g/mol. The van der Waals surface area contributed by atoms with Crippen LogP contribution in [-0.4, -0.2) is 64.9 Å². The molecule has 1 unspecified atom stereocenters. The van der Waals surface area contributed by atoms with Crippen molar-refractivity contribution in [2.45, 2.75) is 19.5 Å². The lowest BCUT2D eigenvalue weighted by atomic mass is 9.99. The lowest BCUT2D eigenvalue weighted by molar-refractivity contribution is -0.138. The molecule has 0 saturated carbocycles. The lowest BCUT2D eigenvalue weighted by Crippen LogP contribution is -2.53. The smallest absolute Gasteiger partial charge is 0.320 e. The maximum Gasteiger partial charge on any atom is 0.320 e. The molecule has 3 rings (SSSR count). The van der Waals surface area contributed by atoms with Gasteiger partial charge in [-0.25, -0.2) is 4.79 Å². The van der Waals surface area contributed by atoms with E-state index in [1.54, 1.807) is 54.2 Å². The molecule has 3 amide bonds. The summed E-state index contributed by atoms with van der Waals surface area (Å²) >= 11 is 12.3. The van der Waals surface area contributed by atoms with Crippen LogP contribution in [0.1, 0.15) is 27.9 Å². The van der Waals surface area contributed by atoms with Gasteiger partial charge in [0.25, 0.3) is 5.91 Å². The average Bonchev–Trinajstić information content (AvgIpc) is 2.72. The van der Waals surface area contributed by atoms with Crippen LogP contribution in [0.15, 0.2) is 42.5 Å². The highest BCUT2D eigenvalue weighted by Crippen LogP contribution is 2.27. The Hall–Kier alpha value is -2.77. The maximum atomic E-state index is 13.3. The summed E-state index contributed by atoms with van der Waals surface area (Å²) < 4.78 is 0. The van der Waals surface area contributed by atoms with E-state index in [2.05, 4.69) is 0 Å². The molecule has 0 spiro atoms. The van der Waals surface area contributed by atoms with Gasteiger partial charge in [-0.2, -0.15) is 0 Å². The van der Waals surface area contributed by atoms with E-state index in [1.807, 2.05) is 12.1 Å². The van der Waals surface area contributed by atoms with E-state index >= 15 is 0 Å². The first-order valence-corrected chi connectivity index (χ1v) is 10.9. The van der Waals surface area contributed by atoms with Crippen molar-refractivity contribution in [3.05, 3.63) is 69.2 Å². The summed E-state index contributed by atoms with van der Waals surface area (Å²) in [6.07, 6.45) is -0.0626. The molecule has 0 aliphatic carbocycles. The largest absolute Gasteiger partial charge is 0.481 e. The fraction of sp³-hybridized carbons (Fsp3) is 0.348. The summed E-state index contributed by atoms with van der Waals surface area (Å²) in [6, 6.07) is 12.0. The molecule has 1 saturated heterocycles. The van der Waals surface area contributed by atoms with Crippen LogP contribution in [0.25, 0.3) is 0 Å². The molecule has 1 N–H and O–H groups in total. The van der Waals surface area contributed by atoms with Gasteiger partial charge in [0.05, 0.1) is 6.42 Å². The molecule has 2 aromatic carbocycles. The highest BCUT2D eigenvalue weighted by Gasteiger charge is 2.33. The minimum atomic E-state index is -0.919. The standard InChI is InChI=1S/C23H25Cl2N3O4/c1-26(2)22(31)19-6-4-3-5-16(19)13-27-11-15(9-21(29)30)12-28(23(27)32)14-17-7-8-18(24)10-20(17)25/h3-8,10,15H,9,11-14H2,1-2H3,(H,29,30). The van der Waals surface area contributed by atoms with Crippen LogP contribution < -0.4 is 0 Å². The molecule has 0 aromatic heterocycles. The van der Waals surface area contributed by atoms with Crippen molar-refractivity contribution in [3.63, 3.8) is 0 Å². The van der Waals surface area contributed by atoms with Gasteiger partial charge in [-0.1, -0.05) is 47.5 Å². The minimum Gasteiger partial charge on any atom is -0.481 e. The zero-order chi connectivity index (χ0) is 23.4. The molecular weight excluding hydrogens is 453 g/mol. The van der Waals surface area contributed by atoms with E-state index in [9.17, 15) is 19.5 Å². The average molecular weight is 478 g/mol. The summed E-state index contributed by atoms with van der Waals surface area (Å²) in [5.41, 5.74) is 1.95. The first-order valence-electron chi connectivity index (χ1n) is 10.1. The van der Waals surface area contributed by atoms with E-state index in [-0.39, 0.29) is 37.4 Å². The Morgan fingerprint density at radius 3 is 2.25 bits per heavy atom. The van der Waals surface area contributed by atoms with Gasteiger partial charge in [0.2, 0.25) is 0 Å². The van der Waals surface area contributed by atoms with E-state index in [0.29, 0.717) is 34.3 Å². The third-order valence-electron chi connectivity index (χ3n) is 5.35. The van der Waals surface area contributed by atoms with Crippen LogP contribution in [0.2, 0.25) is 10.0 Å². The Kier molecular flexibility index (Phi) is 7.64. The first-order chi connectivity index (χ1) is 15.2. The topological polar surface area (TPSA) is 81.2 Å². The molecule has 2 aromatic rings. The number of halogens is 2. The minimum absolute atomic E-state index is 0.0626. The van der Waals surface area contributed by atoms with Crippen LogP contribution in [0.3, 0.4) is 0 Å². The molecule has 1 heterocycles. The second kappa shape index (κ2) is 10.2. The predicted octanol–water partition coefficient (Wildman–Crippen LogP) is 4.22. The molecule has 1 aliphatic rings. The van der Waals surface area contributed by atoms with Crippen molar-refractivity contribution in [3.8, 4) is 0 Å². The SMILES string of the molecule is CN(C)C(=O)c1ccccc1CN1CC(CC(=O)O)CN(Cc2ccc(Cl)cc2Cl)C1=O. The number of benzene rings is 2. The van der Waals surface area contributed by atoms with Crippen LogP contribution in [0.4, 0.5) is 4.79 Å². The van der Waals surface area contributed by atoms with Gasteiger partial charge in [-0.15, -0.1) is 0 Å². The van der Waals surface area contributed by atoms with Gasteiger partial charge < -0.3 is 19.8 Å². The van der Waals surface area contributed by atoms with E-state index in [0.717, 1.165) is 5.56 Å². The summed E-state index contributed by atoms with van der Waals surface area (Å²) in [5, 5.41) is 10.3. The Morgan fingerprint density at radius 2 is 1.66 bits per heavy atom. The van der Waals surface area contributed by atoms with Crippen molar-refractivity contribution in [1.82, 2.24) is 14.7 Å². The van der Waals surface area contributed by atoms with Gasteiger partial charge in [0.1, 0.15) is 0 Å². The van der Waals surface area contributed by atoms with Crippen LogP contribution >= 0.6 is 23.2 Å². The molecular formula is C23H25Cl2N3O4. The van der Waals surface area contributed by atoms with Gasteiger partial charge in [-0.05, 0) is 29.3 Å². The highest BCUT2D eigenvalue weighted by molar-refractivity contribution is 6.35. The fourth-order valence-electron chi connectivity index (χ4n) is 3.85. The summed E-state index contributed by atoms with van der Waals surface area (Å²) in [7, 11) is 3.34. The molecule has 9 heteroatoms. The highest BCUT2D eigenvalue weighted by atomic mass is 35.5. The number of carbonyl (C=O) groups excluding carboxylic acids is 2. The van der Waals surface area contributed by atoms with Crippen molar-refractivity contribution < 1.29 is 19.5 Å². The van der Waals surface area contributed by atoms with Crippen molar-refractivity contribution >= 4 is 41.1 Å². The molecule has 1 atom stereocenters. The van der Waals surface area contributed by atoms with Gasteiger partial charge >= 0.3 is 12.0 Å². The molecule has 170 valence electrons. The van der Waals surface area contributed by atoms with Crippen molar-refractivity contribution in [1.29, 1.82) is 0 Å². The number of carbonyl (C=O) groups is 3. The second-order valence-electron chi connectivity index (χ2n) is 8.10. The van der Waals surface area contributed by atoms with E-state index < -0.39 is 5.97 Å². The molecule has 0 radical (unpaired) electrons. The Balaban J connectivity index is 1.87. The van der Waals surface area contributed by atoms with E-state index in [1.165, 1.54) is 4.90 Å². The molecule has 7 nitrogen and oxygen atoms in total. The maximum absolute atomic E-state index is 13.3. The third-order valence-corrected chi connectivity index (χ3v) is 5.94.